The smallest absolute Gasteiger partial charge is 0.327 e. The van der Waals surface area contributed by atoms with Gasteiger partial charge in [-0.3, -0.25) is 9.25 Å². The summed E-state index contributed by atoms with van der Waals surface area (Å²) in [6, 6.07) is -0.0777. The molecule has 0 bridgehead atoms. The number of thioether (sulfide) groups is 1. The average molecular weight is 296 g/mol. The molecule has 2 aromatic rings. The van der Waals surface area contributed by atoms with E-state index in [1.54, 1.807) is 15.4 Å². The second-order valence-corrected chi connectivity index (χ2v) is 5.92. The van der Waals surface area contributed by atoms with Gasteiger partial charge in [-0.1, -0.05) is 18.7 Å². The van der Waals surface area contributed by atoms with Gasteiger partial charge in [0.1, 0.15) is 0 Å². The second kappa shape index (κ2) is 6.27. The van der Waals surface area contributed by atoms with Gasteiger partial charge >= 0.3 is 5.69 Å². The second-order valence-electron chi connectivity index (χ2n) is 4.81. The molecule has 110 valence electrons. The molecule has 20 heavy (non-hydrogen) atoms. The zero-order valence-electron chi connectivity index (χ0n) is 11.9. The average Bonchev–Trinajstić information content (AvgIpc) is 2.95. The van der Waals surface area contributed by atoms with E-state index in [4.69, 9.17) is 5.73 Å². The van der Waals surface area contributed by atoms with Crippen LogP contribution in [0.2, 0.25) is 0 Å². The Morgan fingerprint density at radius 3 is 2.85 bits per heavy atom. The van der Waals surface area contributed by atoms with Crippen molar-refractivity contribution in [2.45, 2.75) is 43.3 Å². The van der Waals surface area contributed by atoms with Gasteiger partial charge in [-0.15, -0.1) is 5.10 Å². The monoisotopic (exact) mass is 296 g/mol. The molecule has 2 atom stereocenters. The summed E-state index contributed by atoms with van der Waals surface area (Å²) in [5, 5.41) is 11.4. The molecule has 0 amide bonds. The first kappa shape index (κ1) is 14.9. The zero-order valence-corrected chi connectivity index (χ0v) is 12.7. The molecule has 2 rings (SSSR count). The minimum atomic E-state index is -0.177. The van der Waals surface area contributed by atoms with Crippen molar-refractivity contribution in [1.82, 2.24) is 24.5 Å². The van der Waals surface area contributed by atoms with Crippen molar-refractivity contribution in [2.75, 3.05) is 0 Å². The van der Waals surface area contributed by atoms with Crippen LogP contribution in [-0.2, 0) is 13.6 Å². The number of aromatic nitrogens is 5. The Morgan fingerprint density at radius 2 is 2.30 bits per heavy atom. The Labute approximate surface area is 121 Å². The highest BCUT2D eigenvalue weighted by molar-refractivity contribution is 7.99. The maximum Gasteiger partial charge on any atom is 0.343 e. The van der Waals surface area contributed by atoms with Crippen LogP contribution in [0, 0.1) is 0 Å². The third kappa shape index (κ3) is 3.13. The lowest BCUT2D eigenvalue weighted by Crippen LogP contribution is -2.23. The number of aryl methyl sites for hydroxylation is 1. The van der Waals surface area contributed by atoms with Crippen molar-refractivity contribution < 1.29 is 0 Å². The molecule has 0 aliphatic rings. The Kier molecular flexibility index (Phi) is 4.66. The predicted molar refractivity (Wildman–Crippen MR) is 78.6 cm³/mol. The Morgan fingerprint density at radius 1 is 1.55 bits per heavy atom. The van der Waals surface area contributed by atoms with Crippen molar-refractivity contribution in [2.24, 2.45) is 12.8 Å². The molecule has 7 nitrogen and oxygen atoms in total. The minimum Gasteiger partial charge on any atom is -0.327 e. The van der Waals surface area contributed by atoms with Gasteiger partial charge in [0.2, 0.25) is 0 Å². The molecular weight excluding hydrogens is 276 g/mol. The van der Waals surface area contributed by atoms with E-state index >= 15 is 0 Å². The minimum absolute atomic E-state index is 0.00880. The first-order valence-corrected chi connectivity index (χ1v) is 7.47. The fourth-order valence-corrected chi connectivity index (χ4v) is 3.09. The third-order valence-electron chi connectivity index (χ3n) is 2.93. The largest absolute Gasteiger partial charge is 0.343 e. The number of hydrogen-bond donors (Lipinski definition) is 2. The van der Waals surface area contributed by atoms with Crippen LogP contribution in [0.1, 0.15) is 31.1 Å². The lowest BCUT2D eigenvalue weighted by molar-refractivity contribution is 0.600. The highest BCUT2D eigenvalue weighted by atomic mass is 32.2. The van der Waals surface area contributed by atoms with Gasteiger partial charge in [0.25, 0.3) is 0 Å². The summed E-state index contributed by atoms with van der Waals surface area (Å²) in [7, 11) is 1.87. The van der Waals surface area contributed by atoms with Crippen molar-refractivity contribution in [1.29, 1.82) is 0 Å². The first-order valence-electron chi connectivity index (χ1n) is 6.59. The van der Waals surface area contributed by atoms with Crippen molar-refractivity contribution in [3.8, 4) is 0 Å². The standard InChI is InChI=1S/C12H20N6OS/c1-4-5-18-11(19)15-16-12(18)20-10(8(2)13)9-6-14-17(3)7-9/h6-8,10H,4-5,13H2,1-3H3,(H,15,19). The summed E-state index contributed by atoms with van der Waals surface area (Å²) in [6.45, 7) is 4.62. The first-order chi connectivity index (χ1) is 9.52. The maximum atomic E-state index is 11.7. The molecule has 8 heteroatoms. The van der Waals surface area contributed by atoms with E-state index in [2.05, 4.69) is 15.3 Å². The summed E-state index contributed by atoms with van der Waals surface area (Å²) >= 11 is 1.49. The topological polar surface area (TPSA) is 94.5 Å². The van der Waals surface area contributed by atoms with Crippen LogP contribution in [0.5, 0.6) is 0 Å². The van der Waals surface area contributed by atoms with Gasteiger partial charge in [0.15, 0.2) is 5.16 Å². The number of hydrogen-bond acceptors (Lipinski definition) is 5. The highest BCUT2D eigenvalue weighted by Gasteiger charge is 2.22. The number of nitrogens with two attached hydrogens (primary N) is 1. The number of nitrogens with one attached hydrogen (secondary N) is 1. The molecular formula is C12H20N6OS. The lowest BCUT2D eigenvalue weighted by Gasteiger charge is -2.18. The van der Waals surface area contributed by atoms with Crippen LogP contribution >= 0.6 is 11.8 Å². The lowest BCUT2D eigenvalue weighted by atomic mass is 10.1. The summed E-state index contributed by atoms with van der Waals surface area (Å²) in [5.41, 5.74) is 6.93. The quantitative estimate of drug-likeness (QED) is 0.772. The van der Waals surface area contributed by atoms with Gasteiger partial charge < -0.3 is 5.73 Å². The summed E-state index contributed by atoms with van der Waals surface area (Å²) in [5.74, 6) is 0. The van der Waals surface area contributed by atoms with Crippen LogP contribution in [0.25, 0.3) is 0 Å². The Hall–Kier alpha value is -1.54. The number of nitrogens with zero attached hydrogens (tertiary/aromatic N) is 4. The van der Waals surface area contributed by atoms with Crippen molar-refractivity contribution >= 4 is 11.8 Å². The molecule has 0 aliphatic carbocycles. The molecule has 3 N–H and O–H groups in total. The SMILES string of the molecule is CCCn1c(SC(c2cnn(C)c2)C(C)N)n[nH]c1=O. The fourth-order valence-electron chi connectivity index (χ4n) is 1.99. The van der Waals surface area contributed by atoms with Crippen LogP contribution < -0.4 is 11.4 Å². The molecule has 0 aromatic carbocycles. The number of rotatable bonds is 6. The number of H-pyrrole nitrogens is 1. The molecule has 0 aliphatic heterocycles. The van der Waals surface area contributed by atoms with E-state index in [9.17, 15) is 4.79 Å². The highest BCUT2D eigenvalue weighted by Crippen LogP contribution is 2.35. The van der Waals surface area contributed by atoms with Gasteiger partial charge in [0.05, 0.1) is 11.4 Å². The molecule has 0 radical (unpaired) electrons. The molecule has 0 spiro atoms. The van der Waals surface area contributed by atoms with Gasteiger partial charge in [0, 0.05) is 31.4 Å². The van der Waals surface area contributed by atoms with E-state index in [1.807, 2.05) is 27.1 Å². The van der Waals surface area contributed by atoms with Crippen molar-refractivity contribution in [3.63, 3.8) is 0 Å². The molecule has 2 unspecified atom stereocenters. The van der Waals surface area contributed by atoms with Gasteiger partial charge in [-0.25, -0.2) is 9.89 Å². The van der Waals surface area contributed by atoms with Gasteiger partial charge in [-0.2, -0.15) is 5.10 Å². The van der Waals surface area contributed by atoms with Crippen molar-refractivity contribution in [3.05, 3.63) is 28.4 Å². The molecule has 0 saturated carbocycles. The van der Waals surface area contributed by atoms with E-state index < -0.39 is 0 Å². The summed E-state index contributed by atoms with van der Waals surface area (Å²) in [4.78, 5) is 11.7. The Balaban J connectivity index is 2.27. The van der Waals surface area contributed by atoms with E-state index in [0.29, 0.717) is 11.7 Å². The fraction of sp³-hybridized carbons (Fsp3) is 0.583. The van der Waals surface area contributed by atoms with Gasteiger partial charge in [-0.05, 0) is 13.3 Å². The number of aromatic amines is 1. The van der Waals surface area contributed by atoms with E-state index in [1.165, 1.54) is 11.8 Å². The van der Waals surface area contributed by atoms with E-state index in [0.717, 1.165) is 12.0 Å². The van der Waals surface area contributed by atoms with E-state index in [-0.39, 0.29) is 17.0 Å². The summed E-state index contributed by atoms with van der Waals surface area (Å²) in [6.07, 6.45) is 4.62. The van der Waals surface area contributed by atoms with Crippen LogP contribution in [0.4, 0.5) is 0 Å². The predicted octanol–water partition coefficient (Wildman–Crippen LogP) is 0.895. The molecule has 0 saturated heterocycles. The third-order valence-corrected chi connectivity index (χ3v) is 4.41. The maximum absolute atomic E-state index is 11.7. The Bertz CT molecular complexity index is 613. The summed E-state index contributed by atoms with van der Waals surface area (Å²) < 4.78 is 3.39. The molecule has 0 fully saturated rings. The van der Waals surface area contributed by atoms with Crippen LogP contribution in [-0.4, -0.2) is 30.6 Å². The van der Waals surface area contributed by atoms with Crippen LogP contribution in [0.15, 0.2) is 22.3 Å². The van der Waals surface area contributed by atoms with Crippen LogP contribution in [0.3, 0.4) is 0 Å². The molecule has 2 aromatic heterocycles. The normalized spacial score (nSPS) is 14.4. The molecule has 2 heterocycles. The zero-order chi connectivity index (χ0) is 14.7.